The Hall–Kier alpha value is -3.73. The smallest absolute Gasteiger partial charge is 0.397 e. The van der Waals surface area contributed by atoms with Crippen LogP contribution in [0.2, 0.25) is 0 Å². The minimum atomic E-state index is -5.22. The molecule has 4 aromatic rings. The van der Waals surface area contributed by atoms with Gasteiger partial charge in [0.1, 0.15) is 22.0 Å². The highest BCUT2D eigenvalue weighted by Gasteiger charge is 2.26. The van der Waals surface area contributed by atoms with Crippen LogP contribution in [-0.4, -0.2) is 88.4 Å². The Balaban J connectivity index is 1.82. The summed E-state index contributed by atoms with van der Waals surface area (Å²) in [6, 6.07) is 9.70. The SMILES string of the molecule is Nc1c(N=Nc2ccc(S(=O)(=O)CCOS(=O)(=O)O)cc2SOOO)c(S(=O)(=O)O)cc2cc(SOOO)c(N=Nc3cccc(S(=O)(=O)CCOSOOO)c3)c(O)c12. The number of azo groups is 2. The average Bonchev–Trinajstić information content (AvgIpc) is 3.17. The van der Waals surface area contributed by atoms with Crippen molar-refractivity contribution in [3.05, 3.63) is 54.6 Å². The summed E-state index contributed by atoms with van der Waals surface area (Å²) >= 11 is 0.555. The van der Waals surface area contributed by atoms with Crippen LogP contribution in [0.3, 0.4) is 0 Å². The lowest BCUT2D eigenvalue weighted by molar-refractivity contribution is -0.434. The van der Waals surface area contributed by atoms with Crippen molar-refractivity contribution in [2.24, 2.45) is 20.5 Å². The number of sulfone groups is 2. The van der Waals surface area contributed by atoms with Gasteiger partial charge in [0.15, 0.2) is 37.7 Å². The molecule has 60 heavy (non-hydrogen) atoms. The van der Waals surface area contributed by atoms with Gasteiger partial charge >= 0.3 is 10.4 Å². The summed E-state index contributed by atoms with van der Waals surface area (Å²) in [5.41, 5.74) is 3.95. The first-order chi connectivity index (χ1) is 28.2. The first-order valence-electron chi connectivity index (χ1n) is 15.0. The molecule has 0 aliphatic rings. The lowest BCUT2D eigenvalue weighted by Crippen LogP contribution is -2.15. The summed E-state index contributed by atoms with van der Waals surface area (Å²) < 4.78 is 139. The lowest BCUT2D eigenvalue weighted by Gasteiger charge is -2.14. The number of nitrogens with two attached hydrogens (primary N) is 1. The number of hydrogen-bond acceptors (Lipinski definition) is 28. The molecule has 0 unspecified atom stereocenters. The van der Waals surface area contributed by atoms with Crippen LogP contribution >= 0.6 is 36.4 Å². The molecule has 0 bridgehead atoms. The summed E-state index contributed by atoms with van der Waals surface area (Å²) in [5.74, 6) is -2.35. The first kappa shape index (κ1) is 48.9. The molecule has 0 atom stereocenters. The molecule has 0 saturated carbocycles. The Kier molecular flexibility index (Phi) is 17.4. The molecular weight excluding hydrogens is 959 g/mol. The zero-order chi connectivity index (χ0) is 44.3. The van der Waals surface area contributed by atoms with Gasteiger partial charge in [0, 0.05) is 0 Å². The molecule has 328 valence electrons. The van der Waals surface area contributed by atoms with E-state index < -0.39 is 97.5 Å². The van der Waals surface area contributed by atoms with E-state index in [0.29, 0.717) is 0 Å². The fourth-order valence-electron chi connectivity index (χ4n) is 4.56. The van der Waals surface area contributed by atoms with Gasteiger partial charge in [-0.05, 0) is 53.9 Å². The molecule has 4 rings (SSSR count). The summed E-state index contributed by atoms with van der Waals surface area (Å²) in [4.78, 5) is -2.24. The van der Waals surface area contributed by atoms with E-state index in [9.17, 15) is 43.3 Å². The number of nitrogens with zero attached hydrogens (tertiary/aromatic N) is 4. The van der Waals surface area contributed by atoms with Crippen molar-refractivity contribution in [1.29, 1.82) is 0 Å². The molecule has 0 aromatic heterocycles. The molecule has 0 aliphatic carbocycles. The summed E-state index contributed by atoms with van der Waals surface area (Å²) in [6.45, 7) is -1.37. The van der Waals surface area contributed by atoms with Crippen molar-refractivity contribution < 1.29 is 100 Å². The molecule has 34 heteroatoms. The highest BCUT2D eigenvalue weighted by atomic mass is 32.3. The number of hydrogen-bond donors (Lipinski definition) is 7. The van der Waals surface area contributed by atoms with Gasteiger partial charge < -0.3 is 10.8 Å². The van der Waals surface area contributed by atoms with Gasteiger partial charge in [-0.1, -0.05) is 21.2 Å². The Morgan fingerprint density at radius 2 is 1.28 bits per heavy atom. The highest BCUT2D eigenvalue weighted by molar-refractivity contribution is 7.95. The van der Waals surface area contributed by atoms with E-state index in [4.69, 9.17) is 30.2 Å². The van der Waals surface area contributed by atoms with E-state index >= 15 is 0 Å². The minimum absolute atomic E-state index is 0.0863. The quantitative estimate of drug-likeness (QED) is 0.00926. The summed E-state index contributed by atoms with van der Waals surface area (Å²) in [7, 11) is -18.5. The van der Waals surface area contributed by atoms with Gasteiger partial charge in [0.05, 0.1) is 85.1 Å². The van der Waals surface area contributed by atoms with Crippen LogP contribution in [0.1, 0.15) is 0 Å². The summed E-state index contributed by atoms with van der Waals surface area (Å²) in [5, 5.41) is 62.6. The number of benzene rings is 4. The number of phenolic OH excluding ortho intramolecular Hbond substituents is 1. The van der Waals surface area contributed by atoms with Crippen molar-refractivity contribution in [2.75, 3.05) is 30.5 Å². The third kappa shape index (κ3) is 13.4. The number of anilines is 1. The maximum Gasteiger partial charge on any atom is 0.397 e. The van der Waals surface area contributed by atoms with Gasteiger partial charge in [-0.25, -0.2) is 36.8 Å². The van der Waals surface area contributed by atoms with Crippen LogP contribution in [0.15, 0.2) is 99.5 Å². The predicted molar refractivity (Wildman–Crippen MR) is 202 cm³/mol. The third-order valence-electron chi connectivity index (χ3n) is 7.02. The molecule has 0 heterocycles. The van der Waals surface area contributed by atoms with E-state index in [2.05, 4.69) is 52.8 Å². The Bertz CT molecular complexity index is 2700. The van der Waals surface area contributed by atoms with Crippen LogP contribution in [0, 0.1) is 0 Å². The van der Waals surface area contributed by atoms with Crippen molar-refractivity contribution in [1.82, 2.24) is 0 Å². The van der Waals surface area contributed by atoms with E-state index in [1.165, 1.54) is 18.2 Å². The maximum absolute atomic E-state index is 12.8. The van der Waals surface area contributed by atoms with Gasteiger partial charge in [-0.15, -0.1) is 28.3 Å². The largest absolute Gasteiger partial charge is 0.505 e. The molecule has 0 fully saturated rings. The molecule has 4 aromatic carbocycles. The zero-order valence-corrected chi connectivity index (χ0v) is 34.7. The molecule has 0 amide bonds. The Labute approximate surface area is 350 Å². The fraction of sp³-hybridized carbons (Fsp3) is 0.154. The standard InChI is InChI=1S/C26H25N5O22S7/c27-23-22-14(10-20(55-52-49-34)24(26(22)32)30-28-15-2-1-3-16(12-15)57(36,37)8-6-46-56-53-50-35)11-21(59(40,41)42)25(23)31-29-18-5-4-17(13-19(18)54-51-48-33)58(38,39)9-7-47-60(43,44)45/h1-5,10-13,32-35H,6-9,27H2,(H,40,41,42)(H,43,44,45). The van der Waals surface area contributed by atoms with Crippen LogP contribution in [-0.2, 0) is 76.7 Å². The van der Waals surface area contributed by atoms with Gasteiger partial charge in [-0.3, -0.25) is 13.3 Å². The first-order valence-corrected chi connectivity index (χ1v) is 23.3. The number of fused-ring (bicyclic) bond motifs is 1. The second kappa shape index (κ2) is 21.4. The number of aromatic hydroxyl groups is 1. The highest BCUT2D eigenvalue weighted by Crippen LogP contribution is 2.50. The molecule has 8 N–H and O–H groups in total. The predicted octanol–water partition coefficient (Wildman–Crippen LogP) is 5.43. The maximum atomic E-state index is 12.8. The molecule has 27 nitrogen and oxygen atoms in total. The van der Waals surface area contributed by atoms with Crippen LogP contribution in [0.25, 0.3) is 10.8 Å². The monoisotopic (exact) mass is 983 g/mol. The van der Waals surface area contributed by atoms with Gasteiger partial charge in [-0.2, -0.15) is 21.9 Å². The Morgan fingerprint density at radius 1 is 0.667 bits per heavy atom. The van der Waals surface area contributed by atoms with E-state index in [1.54, 1.807) is 0 Å². The normalized spacial score (nSPS) is 12.9. The third-order valence-corrected chi connectivity index (χ3v) is 13.3. The van der Waals surface area contributed by atoms with Crippen molar-refractivity contribution >= 4 is 116 Å². The van der Waals surface area contributed by atoms with Crippen LogP contribution < -0.4 is 5.73 Å². The van der Waals surface area contributed by atoms with Crippen molar-refractivity contribution in [2.45, 2.75) is 24.5 Å². The van der Waals surface area contributed by atoms with Crippen LogP contribution in [0.5, 0.6) is 5.75 Å². The molecular formula is C26H25N5O22S7. The van der Waals surface area contributed by atoms with Crippen LogP contribution in [0.4, 0.5) is 28.4 Å². The zero-order valence-electron chi connectivity index (χ0n) is 29.0. The van der Waals surface area contributed by atoms with E-state index in [-0.39, 0.29) is 73.2 Å². The number of rotatable bonds is 23. The number of phenols is 1. The van der Waals surface area contributed by atoms with Crippen molar-refractivity contribution in [3.8, 4) is 5.75 Å². The van der Waals surface area contributed by atoms with E-state index in [1.807, 2.05) is 0 Å². The van der Waals surface area contributed by atoms with Gasteiger partial charge in [0.25, 0.3) is 10.1 Å². The molecule has 0 radical (unpaired) electrons. The second-order valence-corrected chi connectivity index (χ2v) is 19.4. The number of nitrogen functional groups attached to an aromatic ring is 1. The summed E-state index contributed by atoms with van der Waals surface area (Å²) in [6.07, 6.45) is 0. The lowest BCUT2D eigenvalue weighted by atomic mass is 10.1. The average molecular weight is 984 g/mol. The minimum Gasteiger partial charge on any atom is -0.505 e. The second-order valence-electron chi connectivity index (χ2n) is 10.7. The molecule has 0 spiro atoms. The van der Waals surface area contributed by atoms with Gasteiger partial charge in [0.2, 0.25) is 0 Å². The Morgan fingerprint density at radius 3 is 1.92 bits per heavy atom. The molecule has 0 aliphatic heterocycles. The molecule has 0 saturated heterocycles. The van der Waals surface area contributed by atoms with Crippen molar-refractivity contribution in [3.63, 3.8) is 0 Å². The van der Waals surface area contributed by atoms with E-state index in [0.717, 1.165) is 36.4 Å². The topological polar surface area (TPSA) is 407 Å². The fourth-order valence-corrected chi connectivity index (χ4v) is 9.23.